The minimum Gasteiger partial charge on any atom is -0.321 e. The van der Waals surface area contributed by atoms with Crippen LogP contribution in [0.2, 0.25) is 0 Å². The van der Waals surface area contributed by atoms with Gasteiger partial charge in [-0.25, -0.2) is 4.98 Å². The maximum atomic E-state index is 12.4. The summed E-state index contributed by atoms with van der Waals surface area (Å²) in [6, 6.07) is 21.3. The molecule has 0 unspecified atom stereocenters. The molecule has 0 aliphatic carbocycles. The van der Waals surface area contributed by atoms with Gasteiger partial charge in [0.25, 0.3) is 11.8 Å². The van der Waals surface area contributed by atoms with Crippen molar-refractivity contribution in [1.82, 2.24) is 4.98 Å². The molecule has 1 heterocycles. The van der Waals surface area contributed by atoms with Gasteiger partial charge in [0.1, 0.15) is 11.4 Å². The zero-order valence-electron chi connectivity index (χ0n) is 13.7. The summed E-state index contributed by atoms with van der Waals surface area (Å²) >= 11 is 0. The number of amides is 2. The number of nitrogens with zero attached hydrogens (tertiary/aromatic N) is 1. The third kappa shape index (κ3) is 4.29. The lowest BCUT2D eigenvalue weighted by molar-refractivity contribution is 0.101. The van der Waals surface area contributed by atoms with Gasteiger partial charge in [-0.3, -0.25) is 9.59 Å². The van der Waals surface area contributed by atoms with Crippen LogP contribution in [0.25, 0.3) is 0 Å². The van der Waals surface area contributed by atoms with E-state index in [0.717, 1.165) is 5.56 Å². The standard InChI is InChI=1S/C20H17N3O2/c1-14-7-5-10-16(13-14)22-20(25)18-12-6-11-17(23-18)19(24)21-15-8-3-2-4-9-15/h2-13H,1H3,(H,21,24)(H,22,25). The summed E-state index contributed by atoms with van der Waals surface area (Å²) in [6.45, 7) is 1.95. The molecule has 3 rings (SSSR count). The normalized spacial score (nSPS) is 10.1. The van der Waals surface area contributed by atoms with Gasteiger partial charge < -0.3 is 10.6 Å². The Bertz CT molecular complexity index is 908. The number of aryl methyl sites for hydroxylation is 1. The van der Waals surface area contributed by atoms with Gasteiger partial charge in [-0.05, 0) is 48.9 Å². The van der Waals surface area contributed by atoms with Crippen LogP contribution in [-0.2, 0) is 0 Å². The second kappa shape index (κ2) is 7.40. The Hall–Kier alpha value is -3.47. The van der Waals surface area contributed by atoms with E-state index in [0.29, 0.717) is 11.4 Å². The molecule has 1 aromatic heterocycles. The first kappa shape index (κ1) is 16.4. The number of nitrogens with one attached hydrogen (secondary N) is 2. The van der Waals surface area contributed by atoms with Crippen molar-refractivity contribution < 1.29 is 9.59 Å². The Morgan fingerprint density at radius 1 is 0.720 bits per heavy atom. The maximum absolute atomic E-state index is 12.4. The molecule has 2 amide bonds. The minimum atomic E-state index is -0.364. The van der Waals surface area contributed by atoms with Crippen molar-refractivity contribution in [1.29, 1.82) is 0 Å². The third-order valence-corrected chi connectivity index (χ3v) is 3.52. The summed E-state index contributed by atoms with van der Waals surface area (Å²) in [5, 5.41) is 5.53. The van der Waals surface area contributed by atoms with E-state index in [2.05, 4.69) is 15.6 Å². The molecule has 0 saturated heterocycles. The van der Waals surface area contributed by atoms with E-state index in [4.69, 9.17) is 0 Å². The van der Waals surface area contributed by atoms with Crippen LogP contribution in [0.4, 0.5) is 11.4 Å². The molecule has 0 saturated carbocycles. The highest BCUT2D eigenvalue weighted by Crippen LogP contribution is 2.12. The average Bonchev–Trinajstić information content (AvgIpc) is 2.62. The number of aromatic nitrogens is 1. The van der Waals surface area contributed by atoms with Gasteiger partial charge in [0, 0.05) is 11.4 Å². The van der Waals surface area contributed by atoms with Crippen LogP contribution in [0.1, 0.15) is 26.5 Å². The summed E-state index contributed by atoms with van der Waals surface area (Å²) in [5.74, 6) is -0.726. The van der Waals surface area contributed by atoms with Crippen LogP contribution in [0.15, 0.2) is 72.8 Å². The van der Waals surface area contributed by atoms with E-state index in [9.17, 15) is 9.59 Å². The fraction of sp³-hybridized carbons (Fsp3) is 0.0500. The highest BCUT2D eigenvalue weighted by molar-refractivity contribution is 6.06. The molecule has 0 radical (unpaired) electrons. The fourth-order valence-electron chi connectivity index (χ4n) is 2.32. The molecule has 25 heavy (non-hydrogen) atoms. The first-order chi connectivity index (χ1) is 12.1. The number of hydrogen-bond donors (Lipinski definition) is 2. The lowest BCUT2D eigenvalue weighted by Crippen LogP contribution is -2.18. The van der Waals surface area contributed by atoms with Crippen LogP contribution < -0.4 is 10.6 Å². The fourth-order valence-corrected chi connectivity index (χ4v) is 2.32. The van der Waals surface area contributed by atoms with E-state index in [1.54, 1.807) is 36.4 Å². The van der Waals surface area contributed by atoms with Gasteiger partial charge in [-0.2, -0.15) is 0 Å². The third-order valence-electron chi connectivity index (χ3n) is 3.52. The van der Waals surface area contributed by atoms with Crippen LogP contribution in [-0.4, -0.2) is 16.8 Å². The van der Waals surface area contributed by atoms with Gasteiger partial charge in [0.2, 0.25) is 0 Å². The Labute approximate surface area is 145 Å². The van der Waals surface area contributed by atoms with Gasteiger partial charge in [0.05, 0.1) is 0 Å². The quantitative estimate of drug-likeness (QED) is 0.762. The van der Waals surface area contributed by atoms with E-state index >= 15 is 0 Å². The number of pyridine rings is 1. The smallest absolute Gasteiger partial charge is 0.274 e. The average molecular weight is 331 g/mol. The molecule has 2 aromatic carbocycles. The first-order valence-electron chi connectivity index (χ1n) is 7.83. The molecule has 0 aliphatic heterocycles. The molecular weight excluding hydrogens is 314 g/mol. The van der Waals surface area contributed by atoms with Crippen molar-refractivity contribution in [3.8, 4) is 0 Å². The number of para-hydroxylation sites is 1. The van der Waals surface area contributed by atoms with E-state index in [-0.39, 0.29) is 23.2 Å². The summed E-state index contributed by atoms with van der Waals surface area (Å²) < 4.78 is 0. The molecule has 0 spiro atoms. The number of benzene rings is 2. The van der Waals surface area contributed by atoms with Crippen molar-refractivity contribution in [2.24, 2.45) is 0 Å². The Kier molecular flexibility index (Phi) is 4.85. The second-order valence-electron chi connectivity index (χ2n) is 5.55. The van der Waals surface area contributed by atoms with Gasteiger partial charge in [-0.1, -0.05) is 36.4 Å². The van der Waals surface area contributed by atoms with Crippen molar-refractivity contribution in [3.63, 3.8) is 0 Å². The zero-order valence-corrected chi connectivity index (χ0v) is 13.7. The Morgan fingerprint density at radius 2 is 1.28 bits per heavy atom. The zero-order chi connectivity index (χ0) is 17.6. The second-order valence-corrected chi connectivity index (χ2v) is 5.55. The van der Waals surface area contributed by atoms with Gasteiger partial charge in [0.15, 0.2) is 0 Å². The Balaban J connectivity index is 1.74. The molecule has 0 bridgehead atoms. The predicted molar refractivity (Wildman–Crippen MR) is 97.8 cm³/mol. The number of rotatable bonds is 4. The number of anilines is 2. The highest BCUT2D eigenvalue weighted by atomic mass is 16.2. The van der Waals surface area contributed by atoms with Crippen LogP contribution >= 0.6 is 0 Å². The topological polar surface area (TPSA) is 71.1 Å². The summed E-state index contributed by atoms with van der Waals surface area (Å²) in [7, 11) is 0. The SMILES string of the molecule is Cc1cccc(NC(=O)c2cccc(C(=O)Nc3ccccc3)n2)c1. The molecule has 3 aromatic rings. The monoisotopic (exact) mass is 331 g/mol. The predicted octanol–water partition coefficient (Wildman–Crippen LogP) is 3.89. The van der Waals surface area contributed by atoms with Crippen molar-refractivity contribution >= 4 is 23.2 Å². The van der Waals surface area contributed by atoms with Crippen LogP contribution in [0.3, 0.4) is 0 Å². The maximum Gasteiger partial charge on any atom is 0.274 e. The van der Waals surface area contributed by atoms with Crippen LogP contribution in [0, 0.1) is 6.92 Å². The molecule has 0 atom stereocenters. The summed E-state index contributed by atoms with van der Waals surface area (Å²) in [4.78, 5) is 28.8. The van der Waals surface area contributed by atoms with E-state index in [1.165, 1.54) is 0 Å². The minimum absolute atomic E-state index is 0.181. The summed E-state index contributed by atoms with van der Waals surface area (Å²) in [5.41, 5.74) is 2.76. The number of carbonyl (C=O) groups is 2. The Morgan fingerprint density at radius 3 is 1.92 bits per heavy atom. The lowest BCUT2D eigenvalue weighted by atomic mass is 10.2. The lowest BCUT2D eigenvalue weighted by Gasteiger charge is -2.08. The molecular formula is C20H17N3O2. The molecule has 5 nitrogen and oxygen atoms in total. The number of carbonyl (C=O) groups excluding carboxylic acids is 2. The van der Waals surface area contributed by atoms with Crippen molar-refractivity contribution in [2.75, 3.05) is 10.6 Å². The molecule has 0 fully saturated rings. The molecule has 0 aliphatic rings. The van der Waals surface area contributed by atoms with Crippen molar-refractivity contribution in [2.45, 2.75) is 6.92 Å². The molecule has 124 valence electrons. The van der Waals surface area contributed by atoms with Gasteiger partial charge >= 0.3 is 0 Å². The summed E-state index contributed by atoms with van der Waals surface area (Å²) in [6.07, 6.45) is 0. The van der Waals surface area contributed by atoms with Crippen molar-refractivity contribution in [3.05, 3.63) is 89.7 Å². The molecule has 5 heteroatoms. The van der Waals surface area contributed by atoms with Gasteiger partial charge in [-0.15, -0.1) is 0 Å². The van der Waals surface area contributed by atoms with E-state index < -0.39 is 0 Å². The van der Waals surface area contributed by atoms with Crippen LogP contribution in [0.5, 0.6) is 0 Å². The highest BCUT2D eigenvalue weighted by Gasteiger charge is 2.13. The largest absolute Gasteiger partial charge is 0.321 e. The first-order valence-corrected chi connectivity index (χ1v) is 7.83. The number of hydrogen-bond acceptors (Lipinski definition) is 3. The molecule has 2 N–H and O–H groups in total. The van der Waals surface area contributed by atoms with E-state index in [1.807, 2.05) is 43.3 Å².